The third kappa shape index (κ3) is 2.00. The van der Waals surface area contributed by atoms with Crippen LogP contribution in [0.4, 0.5) is 5.69 Å². The van der Waals surface area contributed by atoms with E-state index in [1.165, 1.54) is 12.1 Å². The number of nitrogens with two attached hydrogens (primary N) is 1. The maximum Gasteiger partial charge on any atom is 0.282 e. The van der Waals surface area contributed by atoms with Crippen LogP contribution >= 0.6 is 22.6 Å². The molecule has 0 saturated heterocycles. The Hall–Kier alpha value is -1.18. The normalized spacial score (nSPS) is 9.86. The van der Waals surface area contributed by atoms with Crippen LogP contribution < -0.4 is 5.73 Å². The first-order valence-electron chi connectivity index (χ1n) is 3.68. The number of nitrogens with zero attached hydrogens (tertiary/aromatic N) is 1. The molecule has 0 unspecified atom stereocenters. The molecule has 0 fully saturated rings. The van der Waals surface area contributed by atoms with Crippen molar-refractivity contribution in [3.8, 4) is 0 Å². The molecule has 14 heavy (non-hydrogen) atoms. The first-order chi connectivity index (χ1) is 6.43. The average molecular weight is 306 g/mol. The molecule has 0 radical (unpaired) electrons. The second kappa shape index (κ2) is 3.91. The molecule has 0 aliphatic carbocycles. The number of hydrogen-bond acceptors (Lipinski definition) is 3. The summed E-state index contributed by atoms with van der Waals surface area (Å²) in [6.45, 7) is 1.61. The number of nitro groups is 1. The van der Waals surface area contributed by atoms with Crippen molar-refractivity contribution < 1.29 is 9.72 Å². The molecule has 0 aromatic heterocycles. The van der Waals surface area contributed by atoms with E-state index in [-0.39, 0.29) is 5.69 Å². The zero-order valence-electron chi connectivity index (χ0n) is 7.28. The summed E-state index contributed by atoms with van der Waals surface area (Å²) < 4.78 is 0.409. The number of halogens is 1. The predicted molar refractivity (Wildman–Crippen MR) is 59.1 cm³/mol. The Kier molecular flexibility index (Phi) is 3.04. The van der Waals surface area contributed by atoms with Gasteiger partial charge in [-0.3, -0.25) is 14.9 Å². The SMILES string of the molecule is Cc1cc([N+](=O)[O-])c(I)cc1C(N)=O. The van der Waals surface area contributed by atoms with Gasteiger partial charge in [-0.1, -0.05) is 0 Å². The molecule has 0 aliphatic rings. The number of amides is 1. The van der Waals surface area contributed by atoms with Gasteiger partial charge in [0.15, 0.2) is 0 Å². The van der Waals surface area contributed by atoms with Gasteiger partial charge in [-0.25, -0.2) is 0 Å². The second-order valence-corrected chi connectivity index (χ2v) is 3.90. The lowest BCUT2D eigenvalue weighted by atomic mass is 10.1. The Morgan fingerprint density at radius 2 is 2.14 bits per heavy atom. The summed E-state index contributed by atoms with van der Waals surface area (Å²) in [5, 5.41) is 10.5. The van der Waals surface area contributed by atoms with E-state index in [1.54, 1.807) is 29.5 Å². The van der Waals surface area contributed by atoms with Gasteiger partial charge in [-0.2, -0.15) is 0 Å². The van der Waals surface area contributed by atoms with Crippen LogP contribution in [0, 0.1) is 20.6 Å². The monoisotopic (exact) mass is 306 g/mol. The quantitative estimate of drug-likeness (QED) is 0.511. The molecule has 0 saturated carbocycles. The summed E-state index contributed by atoms with van der Waals surface area (Å²) >= 11 is 1.80. The Morgan fingerprint density at radius 3 is 2.57 bits per heavy atom. The standard InChI is InChI=1S/C8H7IN2O3/c1-4-2-7(11(13)14)6(9)3-5(4)8(10)12/h2-3H,1H3,(H2,10,12). The Morgan fingerprint density at radius 1 is 1.57 bits per heavy atom. The molecule has 5 nitrogen and oxygen atoms in total. The molecule has 1 aromatic carbocycles. The van der Waals surface area contributed by atoms with E-state index in [9.17, 15) is 14.9 Å². The highest BCUT2D eigenvalue weighted by molar-refractivity contribution is 14.1. The van der Waals surface area contributed by atoms with Crippen molar-refractivity contribution in [2.75, 3.05) is 0 Å². The number of carbonyl (C=O) groups excluding carboxylic acids is 1. The highest BCUT2D eigenvalue weighted by Gasteiger charge is 2.16. The van der Waals surface area contributed by atoms with Gasteiger partial charge in [0.2, 0.25) is 5.91 Å². The van der Waals surface area contributed by atoms with Crippen LogP contribution in [0.15, 0.2) is 12.1 Å². The number of rotatable bonds is 2. The van der Waals surface area contributed by atoms with Crippen LogP contribution in [0.3, 0.4) is 0 Å². The summed E-state index contributed by atoms with van der Waals surface area (Å²) in [6, 6.07) is 2.78. The predicted octanol–water partition coefficient (Wildman–Crippen LogP) is 1.61. The molecular formula is C8H7IN2O3. The van der Waals surface area contributed by atoms with Crippen LogP contribution in [0.2, 0.25) is 0 Å². The highest BCUT2D eigenvalue weighted by atomic mass is 127. The maximum atomic E-state index is 10.9. The van der Waals surface area contributed by atoms with E-state index in [0.717, 1.165) is 0 Å². The van der Waals surface area contributed by atoms with E-state index >= 15 is 0 Å². The molecule has 1 amide bonds. The van der Waals surface area contributed by atoms with Gasteiger partial charge in [0.1, 0.15) is 0 Å². The molecule has 1 aromatic rings. The number of aryl methyl sites for hydroxylation is 1. The second-order valence-electron chi connectivity index (χ2n) is 2.74. The minimum atomic E-state index is -0.574. The van der Waals surface area contributed by atoms with Crippen molar-refractivity contribution in [1.82, 2.24) is 0 Å². The summed E-state index contributed by atoms with van der Waals surface area (Å²) in [5.41, 5.74) is 5.93. The summed E-state index contributed by atoms with van der Waals surface area (Å²) in [6.07, 6.45) is 0. The minimum Gasteiger partial charge on any atom is -0.366 e. The lowest BCUT2D eigenvalue weighted by Gasteiger charge is -2.02. The van der Waals surface area contributed by atoms with Gasteiger partial charge < -0.3 is 5.73 Å². The lowest BCUT2D eigenvalue weighted by Crippen LogP contribution is -2.13. The van der Waals surface area contributed by atoms with E-state index in [1.807, 2.05) is 0 Å². The maximum absolute atomic E-state index is 10.9. The van der Waals surface area contributed by atoms with Crippen molar-refractivity contribution in [1.29, 1.82) is 0 Å². The van der Waals surface area contributed by atoms with Crippen molar-refractivity contribution in [3.63, 3.8) is 0 Å². The highest BCUT2D eigenvalue weighted by Crippen LogP contribution is 2.24. The van der Waals surface area contributed by atoms with E-state index in [0.29, 0.717) is 14.7 Å². The number of hydrogen-bond donors (Lipinski definition) is 1. The van der Waals surface area contributed by atoms with Crippen molar-refractivity contribution in [2.45, 2.75) is 6.92 Å². The molecular weight excluding hydrogens is 299 g/mol. The van der Waals surface area contributed by atoms with Gasteiger partial charge in [-0.05, 0) is 41.1 Å². The molecule has 2 N–H and O–H groups in total. The molecule has 0 aliphatic heterocycles. The smallest absolute Gasteiger partial charge is 0.282 e. The molecule has 1 rings (SSSR count). The fourth-order valence-corrected chi connectivity index (χ4v) is 1.74. The number of benzene rings is 1. The summed E-state index contributed by atoms with van der Waals surface area (Å²) in [5.74, 6) is -0.574. The third-order valence-electron chi connectivity index (χ3n) is 1.76. The zero-order valence-corrected chi connectivity index (χ0v) is 9.44. The zero-order chi connectivity index (χ0) is 10.9. The van der Waals surface area contributed by atoms with E-state index < -0.39 is 10.8 Å². The number of primary amides is 1. The van der Waals surface area contributed by atoms with Gasteiger partial charge in [0.25, 0.3) is 5.69 Å². The topological polar surface area (TPSA) is 86.2 Å². The van der Waals surface area contributed by atoms with Crippen molar-refractivity contribution >= 4 is 34.2 Å². The molecule has 0 spiro atoms. The fraction of sp³-hybridized carbons (Fsp3) is 0.125. The molecule has 0 atom stereocenters. The van der Waals surface area contributed by atoms with Crippen LogP contribution in [0.5, 0.6) is 0 Å². The van der Waals surface area contributed by atoms with E-state index in [4.69, 9.17) is 5.73 Å². The third-order valence-corrected chi connectivity index (χ3v) is 2.62. The van der Waals surface area contributed by atoms with Crippen LogP contribution in [0.1, 0.15) is 15.9 Å². The fourth-order valence-electron chi connectivity index (χ4n) is 1.07. The molecule has 0 heterocycles. The number of nitro benzene ring substituents is 1. The van der Waals surface area contributed by atoms with Gasteiger partial charge >= 0.3 is 0 Å². The van der Waals surface area contributed by atoms with Crippen LogP contribution in [0.25, 0.3) is 0 Å². The largest absolute Gasteiger partial charge is 0.366 e. The number of carbonyl (C=O) groups is 1. The van der Waals surface area contributed by atoms with E-state index in [2.05, 4.69) is 0 Å². The Balaban J connectivity index is 3.38. The van der Waals surface area contributed by atoms with Crippen LogP contribution in [-0.2, 0) is 0 Å². The minimum absolute atomic E-state index is 0.00639. The van der Waals surface area contributed by atoms with Crippen molar-refractivity contribution in [2.24, 2.45) is 5.73 Å². The summed E-state index contributed by atoms with van der Waals surface area (Å²) in [4.78, 5) is 21.0. The van der Waals surface area contributed by atoms with Crippen molar-refractivity contribution in [3.05, 3.63) is 36.9 Å². The Labute approximate surface area is 93.6 Å². The molecule has 6 heteroatoms. The van der Waals surface area contributed by atoms with Gasteiger partial charge in [-0.15, -0.1) is 0 Å². The van der Waals surface area contributed by atoms with Gasteiger partial charge in [0.05, 0.1) is 8.49 Å². The van der Waals surface area contributed by atoms with Gasteiger partial charge in [0, 0.05) is 11.6 Å². The average Bonchev–Trinajstić information content (AvgIpc) is 2.07. The Bertz CT molecular complexity index is 378. The first kappa shape index (κ1) is 10.9. The molecule has 74 valence electrons. The van der Waals surface area contributed by atoms with Crippen LogP contribution in [-0.4, -0.2) is 10.8 Å². The summed E-state index contributed by atoms with van der Waals surface area (Å²) in [7, 11) is 0. The first-order valence-corrected chi connectivity index (χ1v) is 4.75. The molecule has 0 bridgehead atoms. The lowest BCUT2D eigenvalue weighted by molar-refractivity contribution is -0.385.